The van der Waals surface area contributed by atoms with Crippen LogP contribution in [-0.2, 0) is 4.74 Å². The van der Waals surface area contributed by atoms with E-state index in [4.69, 9.17) is 4.74 Å². The van der Waals surface area contributed by atoms with Crippen LogP contribution >= 0.6 is 11.3 Å². The highest BCUT2D eigenvalue weighted by Gasteiger charge is 2.28. The lowest BCUT2D eigenvalue weighted by Crippen LogP contribution is -2.54. The van der Waals surface area contributed by atoms with E-state index in [2.05, 4.69) is 20.3 Å². The third kappa shape index (κ3) is 4.11. The molecule has 0 unspecified atom stereocenters. The van der Waals surface area contributed by atoms with E-state index in [1.807, 2.05) is 52.9 Å². The van der Waals surface area contributed by atoms with E-state index in [1.54, 1.807) is 0 Å². The molecule has 1 N–H and O–H groups in total. The third-order valence-corrected chi connectivity index (χ3v) is 4.84. The number of hydrogen-bond donors (Lipinski definition) is 1. The molecule has 2 aromatic heterocycles. The van der Waals surface area contributed by atoms with Crippen LogP contribution in [0.2, 0.25) is 0 Å². The van der Waals surface area contributed by atoms with E-state index in [9.17, 15) is 4.79 Å². The minimum absolute atomic E-state index is 0.281. The van der Waals surface area contributed by atoms with Gasteiger partial charge >= 0.3 is 6.03 Å². The Labute approximate surface area is 160 Å². The monoisotopic (exact) mass is 382 g/mol. The second-order valence-electron chi connectivity index (χ2n) is 5.76. The first-order chi connectivity index (χ1) is 13.3. The number of carbonyl (C=O) groups excluding carboxylic acids is 1. The van der Waals surface area contributed by atoms with Crippen molar-refractivity contribution in [3.8, 4) is 10.7 Å². The molecule has 1 aromatic carbocycles. The normalized spacial score (nSPS) is 14.7. The fourth-order valence-electron chi connectivity index (χ4n) is 2.71. The second-order valence-corrected chi connectivity index (χ2v) is 6.71. The predicted molar refractivity (Wildman–Crippen MR) is 103 cm³/mol. The Balaban J connectivity index is 1.65. The van der Waals surface area contributed by atoms with Gasteiger partial charge in [0.15, 0.2) is 5.82 Å². The van der Waals surface area contributed by atoms with E-state index in [1.165, 1.54) is 22.7 Å². The predicted octanol–water partition coefficient (Wildman–Crippen LogP) is 2.89. The van der Waals surface area contributed by atoms with Crippen LogP contribution in [0.3, 0.4) is 0 Å². The lowest BCUT2D eigenvalue weighted by atomic mass is 10.3. The van der Waals surface area contributed by atoms with Crippen LogP contribution in [0.15, 0.2) is 54.2 Å². The van der Waals surface area contributed by atoms with Crippen LogP contribution in [-0.4, -0.2) is 52.3 Å². The van der Waals surface area contributed by atoms with Crippen LogP contribution in [0.4, 0.5) is 16.4 Å². The Morgan fingerprint density at radius 3 is 2.67 bits per heavy atom. The number of nitrogens with one attached hydrogen (secondary N) is 1. The zero-order chi connectivity index (χ0) is 18.5. The summed E-state index contributed by atoms with van der Waals surface area (Å²) in [6.07, 6.45) is 1.43. The standard InChI is InChI=1S/C18H18N6O2S/c25-18(21-14-5-2-1-3-6-14)24(23-8-10-26-11-9-23)17-20-13-19-16(22-17)15-7-4-12-27-15/h1-7,12-13H,8-11H2,(H,21,25). The summed E-state index contributed by atoms with van der Waals surface area (Å²) in [5.41, 5.74) is 0.702. The highest BCUT2D eigenvalue weighted by atomic mass is 32.1. The molecule has 2 amide bonds. The molecule has 0 radical (unpaired) electrons. The fraction of sp³-hybridized carbons (Fsp3) is 0.222. The number of hydrazine groups is 1. The Bertz CT molecular complexity index is 884. The molecule has 27 heavy (non-hydrogen) atoms. The van der Waals surface area contributed by atoms with Crippen molar-refractivity contribution in [1.82, 2.24) is 20.0 Å². The first-order valence-corrected chi connectivity index (χ1v) is 9.41. The van der Waals surface area contributed by atoms with Crippen molar-refractivity contribution >= 4 is 29.0 Å². The molecule has 0 spiro atoms. The zero-order valence-electron chi connectivity index (χ0n) is 14.5. The smallest absolute Gasteiger partial charge is 0.343 e. The molecule has 0 aliphatic carbocycles. The topological polar surface area (TPSA) is 83.5 Å². The number of thiophene rings is 1. The summed E-state index contributed by atoms with van der Waals surface area (Å²) in [5.74, 6) is 0.824. The van der Waals surface area contributed by atoms with Crippen LogP contribution < -0.4 is 10.3 Å². The van der Waals surface area contributed by atoms with Gasteiger partial charge in [0.25, 0.3) is 5.95 Å². The molecule has 4 rings (SSSR count). The molecule has 9 heteroatoms. The summed E-state index contributed by atoms with van der Waals surface area (Å²) >= 11 is 1.54. The van der Waals surface area contributed by atoms with Crippen LogP contribution in [0.5, 0.6) is 0 Å². The molecule has 3 aromatic rings. The first kappa shape index (κ1) is 17.5. The van der Waals surface area contributed by atoms with Gasteiger partial charge in [-0.25, -0.2) is 14.8 Å². The summed E-state index contributed by atoms with van der Waals surface area (Å²) in [6, 6.07) is 12.8. The van der Waals surface area contributed by atoms with Gasteiger partial charge in [0.05, 0.1) is 18.1 Å². The van der Waals surface area contributed by atoms with E-state index in [0.717, 1.165) is 4.88 Å². The molecule has 1 aliphatic rings. The second kappa shape index (κ2) is 8.21. The van der Waals surface area contributed by atoms with Gasteiger partial charge in [-0.3, -0.25) is 0 Å². The molecule has 3 heterocycles. The number of aromatic nitrogens is 3. The van der Waals surface area contributed by atoms with Crippen molar-refractivity contribution in [1.29, 1.82) is 0 Å². The number of urea groups is 1. The van der Waals surface area contributed by atoms with Gasteiger partial charge in [-0.1, -0.05) is 24.3 Å². The molecular weight excluding hydrogens is 364 g/mol. The van der Waals surface area contributed by atoms with Gasteiger partial charge in [-0.05, 0) is 23.6 Å². The van der Waals surface area contributed by atoms with Gasteiger partial charge in [0.2, 0.25) is 0 Å². The number of nitrogens with zero attached hydrogens (tertiary/aromatic N) is 5. The number of amides is 2. The average Bonchev–Trinajstić information content (AvgIpc) is 3.25. The highest BCUT2D eigenvalue weighted by molar-refractivity contribution is 7.13. The number of carbonyl (C=O) groups is 1. The number of morpholine rings is 1. The largest absolute Gasteiger partial charge is 0.379 e. The van der Waals surface area contributed by atoms with Crippen molar-refractivity contribution in [2.75, 3.05) is 36.6 Å². The minimum Gasteiger partial charge on any atom is -0.379 e. The molecule has 8 nitrogen and oxygen atoms in total. The lowest BCUT2D eigenvalue weighted by Gasteiger charge is -2.35. The van der Waals surface area contributed by atoms with E-state index in [-0.39, 0.29) is 12.0 Å². The Morgan fingerprint density at radius 2 is 1.93 bits per heavy atom. The van der Waals surface area contributed by atoms with Crippen molar-refractivity contribution in [3.63, 3.8) is 0 Å². The molecule has 1 saturated heterocycles. The summed E-state index contributed by atoms with van der Waals surface area (Å²) in [5, 5.41) is 8.21. The van der Waals surface area contributed by atoms with Crippen LogP contribution in [0, 0.1) is 0 Å². The molecule has 0 saturated carbocycles. The summed E-state index contributed by atoms with van der Waals surface area (Å²) < 4.78 is 5.41. The molecule has 138 valence electrons. The molecular formula is C18H18N6O2S. The maximum atomic E-state index is 13.0. The number of anilines is 2. The van der Waals surface area contributed by atoms with Crippen LogP contribution in [0.25, 0.3) is 10.7 Å². The highest BCUT2D eigenvalue weighted by Crippen LogP contribution is 2.23. The molecule has 0 bridgehead atoms. The third-order valence-electron chi connectivity index (χ3n) is 3.98. The summed E-state index contributed by atoms with van der Waals surface area (Å²) in [4.78, 5) is 27.0. The van der Waals surface area contributed by atoms with E-state index < -0.39 is 0 Å². The van der Waals surface area contributed by atoms with E-state index in [0.29, 0.717) is 37.8 Å². The lowest BCUT2D eigenvalue weighted by molar-refractivity contribution is 0.0359. The maximum Gasteiger partial charge on any atom is 0.343 e. The Hall–Kier alpha value is -2.88. The average molecular weight is 382 g/mol. The van der Waals surface area contributed by atoms with E-state index >= 15 is 0 Å². The Kier molecular flexibility index (Phi) is 5.33. The number of ether oxygens (including phenoxy) is 1. The van der Waals surface area contributed by atoms with Gasteiger partial charge in [-0.15, -0.1) is 11.3 Å². The number of hydrogen-bond acceptors (Lipinski definition) is 7. The number of para-hydroxylation sites is 1. The van der Waals surface area contributed by atoms with Gasteiger partial charge in [-0.2, -0.15) is 15.0 Å². The molecule has 1 fully saturated rings. The van der Waals surface area contributed by atoms with Crippen molar-refractivity contribution in [2.24, 2.45) is 0 Å². The number of rotatable bonds is 4. The maximum absolute atomic E-state index is 13.0. The molecule has 0 atom stereocenters. The van der Waals surface area contributed by atoms with Gasteiger partial charge < -0.3 is 10.1 Å². The minimum atomic E-state index is -0.327. The van der Waals surface area contributed by atoms with Crippen molar-refractivity contribution in [2.45, 2.75) is 0 Å². The first-order valence-electron chi connectivity index (χ1n) is 8.53. The van der Waals surface area contributed by atoms with Gasteiger partial charge in [0.1, 0.15) is 6.33 Å². The fourth-order valence-corrected chi connectivity index (χ4v) is 3.38. The summed E-state index contributed by atoms with van der Waals surface area (Å²) in [6.45, 7) is 2.22. The van der Waals surface area contributed by atoms with Crippen molar-refractivity contribution in [3.05, 3.63) is 54.2 Å². The van der Waals surface area contributed by atoms with Crippen LogP contribution in [0.1, 0.15) is 0 Å². The SMILES string of the molecule is O=C(Nc1ccccc1)N(c1ncnc(-c2cccs2)n1)N1CCOCC1. The zero-order valence-corrected chi connectivity index (χ0v) is 15.3. The van der Waals surface area contributed by atoms with Crippen molar-refractivity contribution < 1.29 is 9.53 Å². The van der Waals surface area contributed by atoms with Gasteiger partial charge in [0, 0.05) is 18.8 Å². The molecule has 1 aliphatic heterocycles. The Morgan fingerprint density at radius 1 is 1.11 bits per heavy atom. The quantitative estimate of drug-likeness (QED) is 0.747. The summed E-state index contributed by atoms with van der Waals surface area (Å²) in [7, 11) is 0. The number of benzene rings is 1.